The van der Waals surface area contributed by atoms with E-state index in [1.807, 2.05) is 12.1 Å². The standard InChI is InChI=1S/C26H32N4O4S/c31-26(27-11-5-14-29-15-10-21-6-1-2-7-24(21)29)23-20-22(8-9-25(23)28-12-3-4-13-28)35(32,33)30-16-18-34-19-17-30/h1-2,6-10,15,20H,3-5,11-14,16-19H2,(H,27,31). The molecule has 0 aliphatic carbocycles. The maximum atomic E-state index is 13.3. The second-order valence-corrected chi connectivity index (χ2v) is 11.0. The van der Waals surface area contributed by atoms with E-state index in [0.29, 0.717) is 38.4 Å². The third-order valence-corrected chi connectivity index (χ3v) is 8.70. The lowest BCUT2D eigenvalue weighted by Gasteiger charge is -2.27. The molecule has 0 radical (unpaired) electrons. The molecule has 9 heteroatoms. The molecule has 1 aromatic heterocycles. The Morgan fingerprint density at radius 1 is 0.971 bits per heavy atom. The van der Waals surface area contributed by atoms with Crippen molar-refractivity contribution in [2.24, 2.45) is 0 Å². The molecule has 3 heterocycles. The highest BCUT2D eigenvalue weighted by molar-refractivity contribution is 7.89. The number of ether oxygens (including phenoxy) is 1. The molecule has 0 unspecified atom stereocenters. The fourth-order valence-corrected chi connectivity index (χ4v) is 6.34. The summed E-state index contributed by atoms with van der Waals surface area (Å²) in [4.78, 5) is 15.6. The summed E-state index contributed by atoms with van der Waals surface area (Å²) >= 11 is 0. The van der Waals surface area contributed by atoms with Crippen LogP contribution in [0, 0.1) is 0 Å². The number of morpholine rings is 1. The average Bonchev–Trinajstić information content (AvgIpc) is 3.57. The minimum atomic E-state index is -3.68. The van der Waals surface area contributed by atoms with E-state index in [1.165, 1.54) is 15.2 Å². The predicted octanol–water partition coefficient (Wildman–Crippen LogP) is 3.08. The summed E-state index contributed by atoms with van der Waals surface area (Å²) in [7, 11) is -3.68. The van der Waals surface area contributed by atoms with Gasteiger partial charge in [-0.2, -0.15) is 4.31 Å². The highest BCUT2D eigenvalue weighted by atomic mass is 32.2. The summed E-state index contributed by atoms with van der Waals surface area (Å²) in [6.45, 7) is 4.46. The Morgan fingerprint density at radius 3 is 2.54 bits per heavy atom. The number of benzene rings is 2. The van der Waals surface area contributed by atoms with E-state index < -0.39 is 10.0 Å². The van der Waals surface area contributed by atoms with Crippen LogP contribution in [0.2, 0.25) is 0 Å². The molecule has 35 heavy (non-hydrogen) atoms. The van der Waals surface area contributed by atoms with Gasteiger partial charge in [-0.05, 0) is 55.0 Å². The lowest BCUT2D eigenvalue weighted by Crippen LogP contribution is -2.40. The number of carbonyl (C=O) groups is 1. The molecule has 0 saturated carbocycles. The van der Waals surface area contributed by atoms with Crippen LogP contribution in [0.1, 0.15) is 29.6 Å². The minimum Gasteiger partial charge on any atom is -0.379 e. The molecular weight excluding hydrogens is 464 g/mol. The first-order valence-corrected chi connectivity index (χ1v) is 13.8. The lowest BCUT2D eigenvalue weighted by molar-refractivity contribution is 0.0730. The Bertz CT molecular complexity index is 1290. The molecule has 0 spiro atoms. The summed E-state index contributed by atoms with van der Waals surface area (Å²) in [5.74, 6) is -0.233. The zero-order chi connectivity index (χ0) is 24.3. The lowest BCUT2D eigenvalue weighted by atomic mass is 10.1. The maximum Gasteiger partial charge on any atom is 0.253 e. The first-order chi connectivity index (χ1) is 17.0. The number of rotatable bonds is 8. The largest absolute Gasteiger partial charge is 0.379 e. The van der Waals surface area contributed by atoms with Gasteiger partial charge in [0.05, 0.1) is 23.7 Å². The Kier molecular flexibility index (Phi) is 7.08. The molecule has 2 aliphatic rings. The number of nitrogens with zero attached hydrogens (tertiary/aromatic N) is 3. The Balaban J connectivity index is 1.31. The smallest absolute Gasteiger partial charge is 0.253 e. The van der Waals surface area contributed by atoms with Gasteiger partial charge in [-0.25, -0.2) is 8.42 Å². The van der Waals surface area contributed by atoms with Crippen molar-refractivity contribution in [3.63, 3.8) is 0 Å². The van der Waals surface area contributed by atoms with E-state index >= 15 is 0 Å². The van der Waals surface area contributed by atoms with Gasteiger partial charge in [0.2, 0.25) is 10.0 Å². The van der Waals surface area contributed by atoms with E-state index in [-0.39, 0.29) is 10.8 Å². The van der Waals surface area contributed by atoms with Gasteiger partial charge in [-0.1, -0.05) is 18.2 Å². The normalized spacial score (nSPS) is 17.2. The molecule has 1 N–H and O–H groups in total. The Labute approximate surface area is 206 Å². The molecule has 5 rings (SSSR count). The summed E-state index contributed by atoms with van der Waals surface area (Å²) in [6, 6.07) is 15.3. The van der Waals surface area contributed by atoms with Crippen LogP contribution in [0.15, 0.2) is 59.6 Å². The predicted molar refractivity (Wildman–Crippen MR) is 136 cm³/mol. The number of amides is 1. The van der Waals surface area contributed by atoms with Crippen molar-refractivity contribution in [2.45, 2.75) is 30.7 Å². The van der Waals surface area contributed by atoms with Crippen LogP contribution < -0.4 is 10.2 Å². The van der Waals surface area contributed by atoms with Crippen molar-refractivity contribution in [2.75, 3.05) is 50.8 Å². The van der Waals surface area contributed by atoms with Crippen molar-refractivity contribution in [3.8, 4) is 0 Å². The van der Waals surface area contributed by atoms with Crippen molar-refractivity contribution in [1.29, 1.82) is 0 Å². The summed E-state index contributed by atoms with van der Waals surface area (Å²) in [6.07, 6.45) is 4.98. The zero-order valence-electron chi connectivity index (χ0n) is 19.9. The number of para-hydroxylation sites is 1. The van der Waals surface area contributed by atoms with E-state index in [9.17, 15) is 13.2 Å². The first kappa shape index (κ1) is 23.8. The summed E-state index contributed by atoms with van der Waals surface area (Å²) < 4.78 is 35.4. The van der Waals surface area contributed by atoms with Crippen LogP contribution in [0.25, 0.3) is 10.9 Å². The molecule has 2 aromatic carbocycles. The quantitative estimate of drug-likeness (QED) is 0.485. The van der Waals surface area contributed by atoms with Crippen LogP contribution >= 0.6 is 0 Å². The van der Waals surface area contributed by atoms with Crippen LogP contribution in [0.3, 0.4) is 0 Å². The fraction of sp³-hybridized carbons (Fsp3) is 0.423. The SMILES string of the molecule is O=C(NCCCn1ccc2ccccc21)c1cc(S(=O)(=O)N2CCOCC2)ccc1N1CCCC1. The molecule has 1 amide bonds. The number of anilines is 1. The average molecular weight is 497 g/mol. The van der Waals surface area contributed by atoms with Crippen LogP contribution in [-0.4, -0.2) is 69.1 Å². The summed E-state index contributed by atoms with van der Waals surface area (Å²) in [5, 5.41) is 4.22. The monoisotopic (exact) mass is 496 g/mol. The van der Waals surface area contributed by atoms with Gasteiger partial charge in [0.25, 0.3) is 5.91 Å². The number of hydrogen-bond donors (Lipinski definition) is 1. The third kappa shape index (κ3) is 5.07. The highest BCUT2D eigenvalue weighted by Gasteiger charge is 2.29. The Morgan fingerprint density at radius 2 is 1.74 bits per heavy atom. The first-order valence-electron chi connectivity index (χ1n) is 12.3. The number of aromatic nitrogens is 1. The highest BCUT2D eigenvalue weighted by Crippen LogP contribution is 2.29. The van der Waals surface area contributed by atoms with E-state index in [1.54, 1.807) is 18.2 Å². The second kappa shape index (κ2) is 10.4. The van der Waals surface area contributed by atoms with Gasteiger partial charge in [0, 0.05) is 56.7 Å². The molecule has 2 fully saturated rings. The van der Waals surface area contributed by atoms with Gasteiger partial charge >= 0.3 is 0 Å². The van der Waals surface area contributed by atoms with Crippen molar-refractivity contribution < 1.29 is 17.9 Å². The molecule has 3 aromatic rings. The van der Waals surface area contributed by atoms with Crippen LogP contribution in [0.5, 0.6) is 0 Å². The number of carbonyl (C=O) groups excluding carboxylic acids is 1. The van der Waals surface area contributed by atoms with Gasteiger partial charge in [-0.3, -0.25) is 4.79 Å². The van der Waals surface area contributed by atoms with Crippen LogP contribution in [-0.2, 0) is 21.3 Å². The van der Waals surface area contributed by atoms with Crippen LogP contribution in [0.4, 0.5) is 5.69 Å². The molecule has 186 valence electrons. The van der Waals surface area contributed by atoms with E-state index in [4.69, 9.17) is 4.74 Å². The fourth-order valence-electron chi connectivity index (χ4n) is 4.91. The number of fused-ring (bicyclic) bond motifs is 1. The molecule has 2 aliphatic heterocycles. The third-order valence-electron chi connectivity index (χ3n) is 6.81. The van der Waals surface area contributed by atoms with Crippen molar-refractivity contribution >= 4 is 32.5 Å². The van der Waals surface area contributed by atoms with Crippen molar-refractivity contribution in [1.82, 2.24) is 14.2 Å². The van der Waals surface area contributed by atoms with Gasteiger partial charge in [0.1, 0.15) is 0 Å². The zero-order valence-corrected chi connectivity index (χ0v) is 20.7. The van der Waals surface area contributed by atoms with Crippen molar-refractivity contribution in [3.05, 3.63) is 60.3 Å². The van der Waals surface area contributed by atoms with Gasteiger partial charge < -0.3 is 19.5 Å². The second-order valence-electron chi connectivity index (χ2n) is 9.07. The topological polar surface area (TPSA) is 83.9 Å². The molecule has 2 saturated heterocycles. The summed E-state index contributed by atoms with van der Waals surface area (Å²) in [5.41, 5.74) is 2.40. The molecule has 0 bridgehead atoms. The van der Waals surface area contributed by atoms with E-state index in [2.05, 4.69) is 39.2 Å². The van der Waals surface area contributed by atoms with Gasteiger partial charge in [0.15, 0.2) is 0 Å². The maximum absolute atomic E-state index is 13.3. The number of sulfonamides is 1. The minimum absolute atomic E-state index is 0.159. The molecule has 8 nitrogen and oxygen atoms in total. The van der Waals surface area contributed by atoms with Gasteiger partial charge in [-0.15, -0.1) is 0 Å². The van der Waals surface area contributed by atoms with E-state index in [0.717, 1.165) is 44.6 Å². The molecular formula is C26H32N4O4S. The number of aryl methyl sites for hydroxylation is 1. The number of hydrogen-bond acceptors (Lipinski definition) is 5. The Hall–Kier alpha value is -2.88. The number of nitrogens with one attached hydrogen (secondary N) is 1. The molecule has 0 atom stereocenters.